The number of nitrogens with zero attached hydrogens (tertiary/aromatic N) is 1. The van der Waals surface area contributed by atoms with Crippen molar-refractivity contribution in [1.29, 1.82) is 0 Å². The van der Waals surface area contributed by atoms with E-state index in [2.05, 4.69) is 4.90 Å². The van der Waals surface area contributed by atoms with E-state index in [1.807, 2.05) is 0 Å². The zero-order valence-electron chi connectivity index (χ0n) is 9.52. The van der Waals surface area contributed by atoms with Gasteiger partial charge in [-0.05, 0) is 33.2 Å². The molecular formula is C10H21NO3S. The molecule has 0 saturated carbocycles. The molecule has 1 N–H and O–H groups in total. The Labute approximate surface area is 92.2 Å². The van der Waals surface area contributed by atoms with E-state index in [9.17, 15) is 8.42 Å². The van der Waals surface area contributed by atoms with E-state index >= 15 is 0 Å². The molecule has 1 rings (SSSR count). The molecule has 1 aliphatic rings. The van der Waals surface area contributed by atoms with Gasteiger partial charge in [0.05, 0.1) is 17.6 Å². The molecule has 0 aliphatic carbocycles. The predicted molar refractivity (Wildman–Crippen MR) is 60.6 cm³/mol. The predicted octanol–water partition coefficient (Wildman–Crippen LogP) is 0.266. The lowest BCUT2D eigenvalue weighted by atomic mass is 10.2. The number of likely N-dealkylation sites (tertiary alicyclic amines) is 1. The van der Waals surface area contributed by atoms with Crippen LogP contribution in [-0.4, -0.2) is 55.2 Å². The lowest BCUT2D eigenvalue weighted by molar-refractivity contribution is 0.165. The molecule has 1 fully saturated rings. The summed E-state index contributed by atoms with van der Waals surface area (Å²) in [5.41, 5.74) is 0. The molecule has 0 aromatic heterocycles. The SMILES string of the molecule is CC(C)S(=O)(=O)CCN1CCCC1CO. The average molecular weight is 235 g/mol. The van der Waals surface area contributed by atoms with Gasteiger partial charge >= 0.3 is 0 Å². The summed E-state index contributed by atoms with van der Waals surface area (Å²) >= 11 is 0. The zero-order valence-corrected chi connectivity index (χ0v) is 10.3. The van der Waals surface area contributed by atoms with Crippen LogP contribution in [0.4, 0.5) is 0 Å². The summed E-state index contributed by atoms with van der Waals surface area (Å²) in [7, 11) is -2.94. The van der Waals surface area contributed by atoms with Crippen molar-refractivity contribution in [3.63, 3.8) is 0 Å². The molecule has 1 saturated heterocycles. The second-order valence-corrected chi connectivity index (χ2v) is 7.11. The van der Waals surface area contributed by atoms with Gasteiger partial charge in [-0.2, -0.15) is 0 Å². The summed E-state index contributed by atoms with van der Waals surface area (Å²) < 4.78 is 23.2. The number of hydrogen-bond donors (Lipinski definition) is 1. The highest BCUT2D eigenvalue weighted by Crippen LogP contribution is 2.16. The fourth-order valence-corrected chi connectivity index (χ4v) is 2.84. The topological polar surface area (TPSA) is 57.6 Å². The van der Waals surface area contributed by atoms with Gasteiger partial charge in [0.25, 0.3) is 0 Å². The maximum Gasteiger partial charge on any atom is 0.153 e. The summed E-state index contributed by atoms with van der Waals surface area (Å²) in [5.74, 6) is 0.209. The van der Waals surface area contributed by atoms with Crippen molar-refractivity contribution >= 4 is 9.84 Å². The van der Waals surface area contributed by atoms with Crippen molar-refractivity contribution in [2.24, 2.45) is 0 Å². The Morgan fingerprint density at radius 3 is 2.67 bits per heavy atom. The summed E-state index contributed by atoms with van der Waals surface area (Å²) in [6, 6.07) is 0.173. The maximum atomic E-state index is 11.6. The van der Waals surface area contributed by atoms with E-state index < -0.39 is 9.84 Å². The van der Waals surface area contributed by atoms with Crippen LogP contribution in [0.5, 0.6) is 0 Å². The van der Waals surface area contributed by atoms with Crippen molar-refractivity contribution in [3.05, 3.63) is 0 Å². The van der Waals surface area contributed by atoms with Crippen LogP contribution in [0.1, 0.15) is 26.7 Å². The minimum Gasteiger partial charge on any atom is -0.395 e. The van der Waals surface area contributed by atoms with Crippen LogP contribution in [-0.2, 0) is 9.84 Å². The van der Waals surface area contributed by atoms with Crippen LogP contribution in [0, 0.1) is 0 Å². The summed E-state index contributed by atoms with van der Waals surface area (Å²) in [4.78, 5) is 2.08. The van der Waals surface area contributed by atoms with Gasteiger partial charge in [0.1, 0.15) is 0 Å². The van der Waals surface area contributed by atoms with Crippen LogP contribution < -0.4 is 0 Å². The van der Waals surface area contributed by atoms with Crippen LogP contribution in [0.15, 0.2) is 0 Å². The third-order valence-corrected chi connectivity index (χ3v) is 5.28. The summed E-state index contributed by atoms with van der Waals surface area (Å²) in [6.45, 7) is 5.04. The third kappa shape index (κ3) is 3.43. The van der Waals surface area contributed by atoms with E-state index in [4.69, 9.17) is 5.11 Å². The van der Waals surface area contributed by atoms with E-state index in [-0.39, 0.29) is 23.7 Å². The van der Waals surface area contributed by atoms with Crippen LogP contribution in [0.25, 0.3) is 0 Å². The Hall–Kier alpha value is -0.130. The molecule has 1 unspecified atom stereocenters. The molecule has 1 atom stereocenters. The molecule has 0 aromatic rings. The number of aliphatic hydroxyl groups is 1. The normalized spacial score (nSPS) is 23.9. The van der Waals surface area contributed by atoms with Gasteiger partial charge in [0.15, 0.2) is 9.84 Å². The monoisotopic (exact) mass is 235 g/mol. The molecule has 0 spiro atoms. The Morgan fingerprint density at radius 1 is 1.47 bits per heavy atom. The van der Waals surface area contributed by atoms with Crippen molar-refractivity contribution < 1.29 is 13.5 Å². The van der Waals surface area contributed by atoms with Gasteiger partial charge in [-0.25, -0.2) is 8.42 Å². The Kier molecular flexibility index (Phi) is 4.55. The maximum absolute atomic E-state index is 11.6. The first-order valence-corrected chi connectivity index (χ1v) is 7.25. The summed E-state index contributed by atoms with van der Waals surface area (Å²) in [5, 5.41) is 8.79. The molecular weight excluding hydrogens is 214 g/mol. The highest BCUT2D eigenvalue weighted by Gasteiger charge is 2.25. The lowest BCUT2D eigenvalue weighted by Crippen LogP contribution is -2.37. The summed E-state index contributed by atoms with van der Waals surface area (Å²) in [6.07, 6.45) is 2.05. The lowest BCUT2D eigenvalue weighted by Gasteiger charge is -2.22. The highest BCUT2D eigenvalue weighted by molar-refractivity contribution is 7.92. The molecule has 0 aromatic carbocycles. The molecule has 4 nitrogen and oxygen atoms in total. The first kappa shape index (κ1) is 12.9. The van der Waals surface area contributed by atoms with Gasteiger partial charge in [-0.3, -0.25) is 4.90 Å². The average Bonchev–Trinajstić information content (AvgIpc) is 2.61. The molecule has 5 heteroatoms. The zero-order chi connectivity index (χ0) is 11.5. The largest absolute Gasteiger partial charge is 0.395 e. The van der Waals surface area contributed by atoms with Gasteiger partial charge in [-0.1, -0.05) is 0 Å². The van der Waals surface area contributed by atoms with Crippen molar-refractivity contribution in [3.8, 4) is 0 Å². The van der Waals surface area contributed by atoms with Crippen molar-refractivity contribution in [1.82, 2.24) is 4.90 Å². The van der Waals surface area contributed by atoms with E-state index in [1.165, 1.54) is 0 Å². The number of hydrogen-bond acceptors (Lipinski definition) is 4. The molecule has 15 heavy (non-hydrogen) atoms. The fraction of sp³-hybridized carbons (Fsp3) is 1.00. The molecule has 90 valence electrons. The highest BCUT2D eigenvalue weighted by atomic mass is 32.2. The van der Waals surface area contributed by atoms with Crippen LogP contribution >= 0.6 is 0 Å². The van der Waals surface area contributed by atoms with Crippen molar-refractivity contribution in [2.45, 2.75) is 38.0 Å². The van der Waals surface area contributed by atoms with E-state index in [0.717, 1.165) is 19.4 Å². The van der Waals surface area contributed by atoms with Crippen LogP contribution in [0.2, 0.25) is 0 Å². The minimum atomic E-state index is -2.94. The standard InChI is InChI=1S/C10H21NO3S/c1-9(2)15(13,14)7-6-11-5-3-4-10(11)8-12/h9-10,12H,3-8H2,1-2H3. The number of sulfone groups is 1. The van der Waals surface area contributed by atoms with E-state index in [1.54, 1.807) is 13.8 Å². The van der Waals surface area contributed by atoms with Gasteiger partial charge in [0.2, 0.25) is 0 Å². The van der Waals surface area contributed by atoms with Gasteiger partial charge in [0, 0.05) is 12.6 Å². The molecule has 0 radical (unpaired) electrons. The van der Waals surface area contributed by atoms with Gasteiger partial charge < -0.3 is 5.11 Å². The molecule has 1 aliphatic heterocycles. The Balaban J connectivity index is 2.43. The first-order chi connectivity index (χ1) is 6.97. The Bertz CT molecular complexity index is 287. The molecule has 1 heterocycles. The number of aliphatic hydroxyl groups excluding tert-OH is 1. The van der Waals surface area contributed by atoms with Crippen LogP contribution in [0.3, 0.4) is 0 Å². The van der Waals surface area contributed by atoms with E-state index in [0.29, 0.717) is 6.54 Å². The molecule has 0 bridgehead atoms. The second-order valence-electron chi connectivity index (χ2n) is 4.43. The fourth-order valence-electron chi connectivity index (χ4n) is 1.88. The quantitative estimate of drug-likeness (QED) is 0.743. The Morgan fingerprint density at radius 2 is 2.13 bits per heavy atom. The van der Waals surface area contributed by atoms with Crippen molar-refractivity contribution in [2.75, 3.05) is 25.4 Å². The third-order valence-electron chi connectivity index (χ3n) is 3.09. The first-order valence-electron chi connectivity index (χ1n) is 5.54. The smallest absolute Gasteiger partial charge is 0.153 e. The van der Waals surface area contributed by atoms with Gasteiger partial charge in [-0.15, -0.1) is 0 Å². The second kappa shape index (κ2) is 5.27. The number of rotatable bonds is 5. The minimum absolute atomic E-state index is 0.141. The molecule has 0 amide bonds.